The largest absolute Gasteiger partial charge is 0.395 e. The monoisotopic (exact) mass is 465 g/mol. The first-order valence-corrected chi connectivity index (χ1v) is 12.3. The minimum Gasteiger partial charge on any atom is -0.395 e. The lowest BCUT2D eigenvalue weighted by atomic mass is 9.87. The number of hydrogen-bond donors (Lipinski definition) is 3. The van der Waals surface area contributed by atoms with Gasteiger partial charge in [0.1, 0.15) is 10.6 Å². The molecule has 1 aliphatic heterocycles. The fourth-order valence-electron chi connectivity index (χ4n) is 4.21. The van der Waals surface area contributed by atoms with E-state index < -0.39 is 27.9 Å². The van der Waals surface area contributed by atoms with Gasteiger partial charge in [-0.05, 0) is 50.7 Å². The number of aliphatic hydroxyl groups excluding tert-OH is 2. The first-order chi connectivity index (χ1) is 15.1. The third-order valence-corrected chi connectivity index (χ3v) is 7.89. The number of rotatable bonds is 9. The Morgan fingerprint density at radius 1 is 1.19 bits per heavy atom. The molecular formula is C22H31N3O6S. The third kappa shape index (κ3) is 5.20. The number of hydrogen-bond acceptors (Lipinski definition) is 7. The van der Waals surface area contributed by atoms with Gasteiger partial charge in [0.05, 0.1) is 24.9 Å². The van der Waals surface area contributed by atoms with Crippen LogP contribution in [0.5, 0.6) is 0 Å². The average molecular weight is 466 g/mol. The summed E-state index contributed by atoms with van der Waals surface area (Å²) in [5, 5.41) is 21.9. The van der Waals surface area contributed by atoms with Gasteiger partial charge in [-0.15, -0.1) is 0 Å². The molecule has 1 fully saturated rings. The van der Waals surface area contributed by atoms with Crippen molar-refractivity contribution >= 4 is 27.5 Å². The first kappa shape index (κ1) is 24.4. The molecule has 2 amide bonds. The van der Waals surface area contributed by atoms with E-state index in [0.29, 0.717) is 5.92 Å². The van der Waals surface area contributed by atoms with E-state index in [-0.39, 0.29) is 42.0 Å². The number of imide groups is 1. The molecule has 3 rings (SSSR count). The highest BCUT2D eigenvalue weighted by Gasteiger charge is 2.36. The Morgan fingerprint density at radius 2 is 1.84 bits per heavy atom. The number of carbonyl (C=O) groups is 2. The highest BCUT2D eigenvalue weighted by Crippen LogP contribution is 2.33. The van der Waals surface area contributed by atoms with Crippen LogP contribution < -0.4 is 5.32 Å². The summed E-state index contributed by atoms with van der Waals surface area (Å²) in [4.78, 5) is 25.4. The smallest absolute Gasteiger partial charge is 0.277 e. The SMILES string of the molecule is CC(O)CN(C1CCC(C)CC1)S(=O)(=O)c1ccccc1NC1=CC(=O)N(CCO)C1=O. The molecule has 1 heterocycles. The minimum absolute atomic E-state index is 0.0268. The molecule has 0 saturated heterocycles. The highest BCUT2D eigenvalue weighted by molar-refractivity contribution is 7.89. The van der Waals surface area contributed by atoms with Crippen LogP contribution in [0, 0.1) is 5.92 Å². The summed E-state index contributed by atoms with van der Waals surface area (Å²) >= 11 is 0. The third-order valence-electron chi connectivity index (χ3n) is 5.91. The minimum atomic E-state index is -4.01. The van der Waals surface area contributed by atoms with Crippen LogP contribution in [0.3, 0.4) is 0 Å². The number of aliphatic hydroxyl groups is 2. The average Bonchev–Trinajstić information content (AvgIpc) is 3.00. The van der Waals surface area contributed by atoms with Crippen LogP contribution in [-0.2, 0) is 19.6 Å². The van der Waals surface area contributed by atoms with Crippen LogP contribution >= 0.6 is 0 Å². The molecular weight excluding hydrogens is 434 g/mol. The predicted molar refractivity (Wildman–Crippen MR) is 119 cm³/mol. The number of β-amino-alcohol motifs (C(OH)–C–C–N with tert-alkyl or cyclic N) is 1. The summed E-state index contributed by atoms with van der Waals surface area (Å²) in [5.74, 6) is -0.659. The zero-order valence-electron chi connectivity index (χ0n) is 18.4. The summed E-state index contributed by atoms with van der Waals surface area (Å²) in [6.07, 6.45) is 3.53. The number of para-hydroxylation sites is 1. The Balaban J connectivity index is 1.92. The van der Waals surface area contributed by atoms with Crippen molar-refractivity contribution in [2.75, 3.05) is 25.0 Å². The van der Waals surface area contributed by atoms with E-state index in [1.165, 1.54) is 16.4 Å². The van der Waals surface area contributed by atoms with Crippen LogP contribution in [0.25, 0.3) is 0 Å². The van der Waals surface area contributed by atoms with Crippen molar-refractivity contribution in [2.45, 2.75) is 56.6 Å². The number of carbonyl (C=O) groups excluding carboxylic acids is 2. The van der Waals surface area contributed by atoms with Gasteiger partial charge >= 0.3 is 0 Å². The Hall–Kier alpha value is -2.27. The van der Waals surface area contributed by atoms with Gasteiger partial charge in [-0.3, -0.25) is 14.5 Å². The summed E-state index contributed by atoms with van der Waals surface area (Å²) < 4.78 is 28.8. The Bertz CT molecular complexity index is 983. The van der Waals surface area contributed by atoms with Crippen molar-refractivity contribution in [1.82, 2.24) is 9.21 Å². The Morgan fingerprint density at radius 3 is 2.47 bits per heavy atom. The lowest BCUT2D eigenvalue weighted by Gasteiger charge is -2.36. The number of anilines is 1. The van der Waals surface area contributed by atoms with Gasteiger partial charge in [0.15, 0.2) is 0 Å². The second-order valence-corrected chi connectivity index (χ2v) is 10.4. The van der Waals surface area contributed by atoms with Crippen LogP contribution in [0.15, 0.2) is 40.9 Å². The lowest BCUT2D eigenvalue weighted by Crippen LogP contribution is -2.45. The fourth-order valence-corrected chi connectivity index (χ4v) is 6.13. The second-order valence-electron chi connectivity index (χ2n) is 8.54. The molecule has 1 saturated carbocycles. The van der Waals surface area contributed by atoms with Gasteiger partial charge in [0, 0.05) is 18.7 Å². The Labute approximate surface area is 188 Å². The number of benzene rings is 1. The molecule has 0 aromatic heterocycles. The molecule has 32 heavy (non-hydrogen) atoms. The van der Waals surface area contributed by atoms with Crippen molar-refractivity contribution in [3.05, 3.63) is 36.0 Å². The van der Waals surface area contributed by atoms with Crippen LogP contribution in [0.1, 0.15) is 39.5 Å². The maximum atomic E-state index is 13.7. The van der Waals surface area contributed by atoms with E-state index in [0.717, 1.165) is 36.7 Å². The molecule has 0 spiro atoms. The summed E-state index contributed by atoms with van der Waals surface area (Å²) in [6.45, 7) is 3.18. The van der Waals surface area contributed by atoms with Gasteiger partial charge in [0.25, 0.3) is 11.8 Å². The van der Waals surface area contributed by atoms with E-state index in [1.54, 1.807) is 19.1 Å². The van der Waals surface area contributed by atoms with Gasteiger partial charge in [-0.1, -0.05) is 19.1 Å². The van der Waals surface area contributed by atoms with Crippen molar-refractivity contribution in [1.29, 1.82) is 0 Å². The maximum Gasteiger partial charge on any atom is 0.277 e. The second kappa shape index (κ2) is 10.1. The zero-order chi connectivity index (χ0) is 23.5. The van der Waals surface area contributed by atoms with Crippen molar-refractivity contribution < 1.29 is 28.2 Å². The molecule has 1 aromatic rings. The highest BCUT2D eigenvalue weighted by atomic mass is 32.2. The maximum absolute atomic E-state index is 13.7. The number of sulfonamides is 1. The fraction of sp³-hybridized carbons (Fsp3) is 0.545. The van der Waals surface area contributed by atoms with Crippen molar-refractivity contribution in [2.24, 2.45) is 5.92 Å². The Kier molecular flexibility index (Phi) is 7.71. The number of nitrogens with one attached hydrogen (secondary N) is 1. The van der Waals surface area contributed by atoms with Crippen LogP contribution in [0.4, 0.5) is 5.69 Å². The molecule has 1 atom stereocenters. The molecule has 176 valence electrons. The molecule has 0 bridgehead atoms. The molecule has 9 nitrogen and oxygen atoms in total. The predicted octanol–water partition coefficient (Wildman–Crippen LogP) is 1.29. The number of nitrogens with zero attached hydrogens (tertiary/aromatic N) is 2. The van der Waals surface area contributed by atoms with E-state index in [9.17, 15) is 23.1 Å². The quantitative estimate of drug-likeness (QED) is 0.469. The molecule has 1 aromatic carbocycles. The topological polar surface area (TPSA) is 127 Å². The molecule has 10 heteroatoms. The van der Waals surface area contributed by atoms with Crippen LogP contribution in [-0.4, -0.2) is 71.5 Å². The first-order valence-electron chi connectivity index (χ1n) is 10.9. The normalized spacial score (nSPS) is 22.9. The molecule has 0 radical (unpaired) electrons. The van der Waals surface area contributed by atoms with E-state index in [2.05, 4.69) is 12.2 Å². The van der Waals surface area contributed by atoms with Gasteiger partial charge in [-0.25, -0.2) is 8.42 Å². The molecule has 2 aliphatic rings. The van der Waals surface area contributed by atoms with Crippen molar-refractivity contribution in [3.63, 3.8) is 0 Å². The molecule has 1 unspecified atom stereocenters. The van der Waals surface area contributed by atoms with E-state index in [4.69, 9.17) is 5.11 Å². The molecule has 3 N–H and O–H groups in total. The lowest BCUT2D eigenvalue weighted by molar-refractivity contribution is -0.137. The van der Waals surface area contributed by atoms with E-state index >= 15 is 0 Å². The van der Waals surface area contributed by atoms with Gasteiger partial charge in [0.2, 0.25) is 10.0 Å². The molecule has 1 aliphatic carbocycles. The standard InChI is InChI=1S/C22H31N3O6S/c1-15-7-9-17(10-8-15)25(14-16(2)27)32(30,31)20-6-4-3-5-18(20)23-19-13-21(28)24(11-12-26)22(19)29/h3-6,13,15-17,23,26-27H,7-12,14H2,1-2H3. The summed E-state index contributed by atoms with van der Waals surface area (Å²) in [5.41, 5.74) is 0.116. The van der Waals surface area contributed by atoms with Gasteiger partial charge in [-0.2, -0.15) is 4.31 Å². The zero-order valence-corrected chi connectivity index (χ0v) is 19.2. The van der Waals surface area contributed by atoms with E-state index in [1.807, 2.05) is 0 Å². The number of amides is 2. The van der Waals surface area contributed by atoms with Gasteiger partial charge < -0.3 is 15.5 Å². The summed E-state index contributed by atoms with van der Waals surface area (Å²) in [6, 6.07) is 5.99. The van der Waals surface area contributed by atoms with Crippen LogP contribution in [0.2, 0.25) is 0 Å². The van der Waals surface area contributed by atoms with Crippen molar-refractivity contribution in [3.8, 4) is 0 Å². The summed E-state index contributed by atoms with van der Waals surface area (Å²) in [7, 11) is -4.01.